The number of carbonyl (C=O) groups excluding carboxylic acids is 1. The summed E-state index contributed by atoms with van der Waals surface area (Å²) in [6, 6.07) is 26.0. The minimum atomic E-state index is -0.594. The molecule has 4 aliphatic rings. The molecule has 0 saturated carbocycles. The largest absolute Gasteiger partial charge is 0.290 e. The Morgan fingerprint density at radius 1 is 0.607 bits per heavy atom. The molecule has 4 aliphatic carbocycles. The molecular formula is C26H17NO. The van der Waals surface area contributed by atoms with E-state index in [1.165, 1.54) is 33.4 Å². The van der Waals surface area contributed by atoms with Gasteiger partial charge in [0.1, 0.15) is 5.54 Å². The number of benzene rings is 3. The molecule has 2 heteroatoms. The first kappa shape index (κ1) is 15.5. The van der Waals surface area contributed by atoms with Crippen molar-refractivity contribution in [2.45, 2.75) is 11.5 Å². The molecule has 0 N–H and O–H groups in total. The predicted octanol–water partition coefficient (Wildman–Crippen LogP) is 4.92. The lowest BCUT2D eigenvalue weighted by Gasteiger charge is -2.48. The van der Waals surface area contributed by atoms with E-state index in [0.717, 1.165) is 5.71 Å². The van der Waals surface area contributed by atoms with Gasteiger partial charge in [-0.05, 0) is 57.7 Å². The molecule has 3 aromatic carbocycles. The highest BCUT2D eigenvalue weighted by Gasteiger charge is 2.51. The molecular weight excluding hydrogens is 342 g/mol. The van der Waals surface area contributed by atoms with Crippen LogP contribution in [-0.4, -0.2) is 11.5 Å². The van der Waals surface area contributed by atoms with Crippen LogP contribution in [0.4, 0.5) is 0 Å². The third-order valence-corrected chi connectivity index (χ3v) is 6.12. The van der Waals surface area contributed by atoms with Gasteiger partial charge in [0.05, 0.1) is 5.71 Å². The zero-order valence-electron chi connectivity index (χ0n) is 15.2. The van der Waals surface area contributed by atoms with Gasteiger partial charge >= 0.3 is 0 Å². The molecule has 0 aromatic heterocycles. The van der Waals surface area contributed by atoms with Crippen LogP contribution < -0.4 is 0 Å². The molecule has 0 unspecified atom stereocenters. The predicted molar refractivity (Wildman–Crippen MR) is 111 cm³/mol. The van der Waals surface area contributed by atoms with Crippen molar-refractivity contribution in [2.75, 3.05) is 0 Å². The maximum Gasteiger partial charge on any atom is 0.178 e. The van der Waals surface area contributed by atoms with Crippen molar-refractivity contribution in [2.24, 2.45) is 4.99 Å². The van der Waals surface area contributed by atoms with Crippen LogP contribution in [-0.2, 0) is 10.3 Å². The minimum Gasteiger partial charge on any atom is -0.290 e. The van der Waals surface area contributed by atoms with Crippen molar-refractivity contribution in [3.05, 3.63) is 130 Å². The number of rotatable bonds is 1. The number of aliphatic imine (C=N–C) groups is 1. The number of ketones is 1. The summed E-state index contributed by atoms with van der Waals surface area (Å²) in [7, 11) is 0. The van der Waals surface area contributed by atoms with Gasteiger partial charge in [0.15, 0.2) is 5.78 Å². The number of nitrogens with zero attached hydrogens (tertiary/aromatic N) is 1. The van der Waals surface area contributed by atoms with Crippen LogP contribution >= 0.6 is 0 Å². The van der Waals surface area contributed by atoms with Crippen molar-refractivity contribution < 1.29 is 4.79 Å². The number of allylic oxidation sites excluding steroid dienone is 4. The lowest BCUT2D eigenvalue weighted by Crippen LogP contribution is -2.41. The van der Waals surface area contributed by atoms with E-state index in [4.69, 9.17) is 4.99 Å². The average Bonchev–Trinajstić information content (AvgIpc) is 2.76. The van der Waals surface area contributed by atoms with Crippen LogP contribution in [0.1, 0.15) is 39.3 Å². The highest BCUT2D eigenvalue weighted by molar-refractivity contribution is 6.16. The summed E-state index contributed by atoms with van der Waals surface area (Å²) >= 11 is 0. The van der Waals surface area contributed by atoms with E-state index in [2.05, 4.69) is 72.8 Å². The quantitative estimate of drug-likeness (QED) is 0.567. The zero-order chi connectivity index (χ0) is 18.7. The van der Waals surface area contributed by atoms with E-state index < -0.39 is 5.54 Å². The smallest absolute Gasteiger partial charge is 0.178 e. The summed E-state index contributed by atoms with van der Waals surface area (Å²) < 4.78 is 0. The molecule has 0 radical (unpaired) electrons. The minimum absolute atomic E-state index is 0.00463. The summed E-state index contributed by atoms with van der Waals surface area (Å²) in [5.74, 6) is 0.245. The SMILES string of the molecule is O=C1C=CC(=NC23c4ccccc4C(c4ccccc42)c2ccccc23)C=C1. The van der Waals surface area contributed by atoms with E-state index in [1.54, 1.807) is 12.2 Å². The number of carbonyl (C=O) groups is 1. The van der Waals surface area contributed by atoms with E-state index in [-0.39, 0.29) is 11.7 Å². The Morgan fingerprint density at radius 3 is 1.50 bits per heavy atom. The Morgan fingerprint density at radius 2 is 1.04 bits per heavy atom. The molecule has 0 spiro atoms. The third kappa shape index (κ3) is 1.87. The zero-order valence-corrected chi connectivity index (χ0v) is 15.2. The summed E-state index contributed by atoms with van der Waals surface area (Å²) in [4.78, 5) is 17.0. The van der Waals surface area contributed by atoms with Crippen molar-refractivity contribution in [1.82, 2.24) is 0 Å². The van der Waals surface area contributed by atoms with Gasteiger partial charge in [-0.2, -0.15) is 0 Å². The molecule has 28 heavy (non-hydrogen) atoms. The molecule has 7 rings (SSSR count). The molecule has 132 valence electrons. The van der Waals surface area contributed by atoms with Crippen LogP contribution in [0.3, 0.4) is 0 Å². The van der Waals surface area contributed by atoms with Crippen molar-refractivity contribution in [3.8, 4) is 0 Å². The van der Waals surface area contributed by atoms with Crippen LogP contribution in [0.25, 0.3) is 0 Å². The van der Waals surface area contributed by atoms with E-state index >= 15 is 0 Å². The van der Waals surface area contributed by atoms with Gasteiger partial charge in [0, 0.05) is 5.92 Å². The van der Waals surface area contributed by atoms with Gasteiger partial charge < -0.3 is 0 Å². The van der Waals surface area contributed by atoms with Gasteiger partial charge in [-0.15, -0.1) is 0 Å². The van der Waals surface area contributed by atoms with Gasteiger partial charge in [0.25, 0.3) is 0 Å². The first-order chi connectivity index (χ1) is 13.8. The third-order valence-electron chi connectivity index (χ3n) is 6.12. The Balaban J connectivity index is 1.76. The monoisotopic (exact) mass is 359 g/mol. The van der Waals surface area contributed by atoms with Gasteiger partial charge in [0.2, 0.25) is 0 Å². The molecule has 0 aliphatic heterocycles. The molecule has 0 heterocycles. The van der Waals surface area contributed by atoms with Gasteiger partial charge in [-0.25, -0.2) is 0 Å². The Bertz CT molecular complexity index is 1110. The van der Waals surface area contributed by atoms with Crippen LogP contribution in [0.2, 0.25) is 0 Å². The summed E-state index contributed by atoms with van der Waals surface area (Å²) in [5, 5.41) is 0. The maximum absolute atomic E-state index is 11.6. The summed E-state index contributed by atoms with van der Waals surface area (Å²) in [5.41, 5.74) is 7.91. The summed E-state index contributed by atoms with van der Waals surface area (Å²) in [6.45, 7) is 0. The Labute approximate surface area is 163 Å². The topological polar surface area (TPSA) is 29.4 Å². The highest BCUT2D eigenvalue weighted by Crippen LogP contribution is 2.59. The second kappa shape index (κ2) is 5.49. The molecule has 0 atom stereocenters. The van der Waals surface area contributed by atoms with Crippen LogP contribution in [0, 0.1) is 0 Å². The number of hydrogen-bond donors (Lipinski definition) is 0. The summed E-state index contributed by atoms with van der Waals surface area (Å²) in [6.07, 6.45) is 6.83. The maximum atomic E-state index is 11.6. The molecule has 0 amide bonds. The fourth-order valence-electron chi connectivity index (χ4n) is 5.07. The van der Waals surface area contributed by atoms with E-state index in [1.807, 2.05) is 12.2 Å². The Hall–Kier alpha value is -3.52. The average molecular weight is 359 g/mol. The van der Waals surface area contributed by atoms with E-state index in [9.17, 15) is 4.79 Å². The molecule has 0 saturated heterocycles. The van der Waals surface area contributed by atoms with E-state index in [0.29, 0.717) is 0 Å². The van der Waals surface area contributed by atoms with Crippen molar-refractivity contribution >= 4 is 11.5 Å². The first-order valence-electron chi connectivity index (χ1n) is 9.57. The van der Waals surface area contributed by atoms with Gasteiger partial charge in [-0.1, -0.05) is 72.8 Å². The van der Waals surface area contributed by atoms with Gasteiger partial charge in [-0.3, -0.25) is 9.79 Å². The normalized spacial score (nSPS) is 23.2. The van der Waals surface area contributed by atoms with Crippen molar-refractivity contribution in [1.29, 1.82) is 0 Å². The molecule has 2 nitrogen and oxygen atoms in total. The molecule has 3 aromatic rings. The van der Waals surface area contributed by atoms with Crippen LogP contribution in [0.5, 0.6) is 0 Å². The fraction of sp³-hybridized carbons (Fsp3) is 0.0769. The first-order valence-corrected chi connectivity index (χ1v) is 9.57. The lowest BCUT2D eigenvalue weighted by molar-refractivity contribution is -0.110. The number of hydrogen-bond acceptors (Lipinski definition) is 2. The lowest BCUT2D eigenvalue weighted by atomic mass is 9.57. The Kier molecular flexibility index (Phi) is 3.05. The standard InChI is InChI=1S/C26H17NO/c28-18-15-13-17(14-16-18)27-26-22-10-4-1-7-19(22)25(20-8-2-5-11-23(20)26)21-9-3-6-12-24(21)26/h1-16,25H. The second-order valence-corrected chi connectivity index (χ2v) is 7.51. The van der Waals surface area contributed by atoms with Crippen LogP contribution in [0.15, 0.2) is 102 Å². The molecule has 2 bridgehead atoms. The highest BCUT2D eigenvalue weighted by atomic mass is 16.1. The molecule has 0 fully saturated rings. The van der Waals surface area contributed by atoms with Crippen molar-refractivity contribution in [3.63, 3.8) is 0 Å². The fourth-order valence-corrected chi connectivity index (χ4v) is 5.07. The second-order valence-electron chi connectivity index (χ2n) is 7.51.